The summed E-state index contributed by atoms with van der Waals surface area (Å²) in [6, 6.07) is 9.85. The van der Waals surface area contributed by atoms with Crippen molar-refractivity contribution in [3.8, 4) is 0 Å². The van der Waals surface area contributed by atoms with Crippen LogP contribution in [0.3, 0.4) is 0 Å². The Morgan fingerprint density at radius 3 is 2.39 bits per heavy atom. The van der Waals surface area contributed by atoms with Gasteiger partial charge in [-0.3, -0.25) is 4.98 Å². The summed E-state index contributed by atoms with van der Waals surface area (Å²) in [6.07, 6.45) is 2.63. The molecule has 0 aliphatic heterocycles. The molecule has 0 spiro atoms. The second kappa shape index (κ2) is 4.86. The predicted octanol–water partition coefficient (Wildman–Crippen LogP) is 3.23. The van der Waals surface area contributed by atoms with E-state index in [0.717, 1.165) is 11.1 Å². The molecule has 0 amide bonds. The van der Waals surface area contributed by atoms with Gasteiger partial charge in [-0.1, -0.05) is 32.0 Å². The third-order valence-electron chi connectivity index (χ3n) is 3.27. The van der Waals surface area contributed by atoms with E-state index in [1.54, 1.807) is 30.6 Å². The predicted molar refractivity (Wildman–Crippen MR) is 68.6 cm³/mol. The SMILES string of the molecule is CC(C)(c1ccc(F)cc1)C(O)c1cccnc1. The van der Waals surface area contributed by atoms with E-state index in [4.69, 9.17) is 0 Å². The molecule has 0 aliphatic carbocycles. The van der Waals surface area contributed by atoms with Gasteiger partial charge >= 0.3 is 0 Å². The first-order valence-electron chi connectivity index (χ1n) is 5.86. The topological polar surface area (TPSA) is 33.1 Å². The Morgan fingerprint density at radius 1 is 1.17 bits per heavy atom. The lowest BCUT2D eigenvalue weighted by Crippen LogP contribution is -2.26. The smallest absolute Gasteiger partial charge is 0.123 e. The molecule has 1 aromatic carbocycles. The Bertz CT molecular complexity index is 508. The normalized spacial score (nSPS) is 13.3. The molecule has 2 aromatic rings. The van der Waals surface area contributed by atoms with Gasteiger partial charge in [0.25, 0.3) is 0 Å². The lowest BCUT2D eigenvalue weighted by Gasteiger charge is -2.31. The maximum absolute atomic E-state index is 12.9. The molecule has 0 radical (unpaired) electrons. The largest absolute Gasteiger partial charge is 0.387 e. The van der Waals surface area contributed by atoms with Gasteiger partial charge in [-0.25, -0.2) is 4.39 Å². The van der Waals surface area contributed by atoms with Crippen molar-refractivity contribution in [2.24, 2.45) is 0 Å². The van der Waals surface area contributed by atoms with Crippen LogP contribution >= 0.6 is 0 Å². The molecule has 0 fully saturated rings. The number of rotatable bonds is 3. The summed E-state index contributed by atoms with van der Waals surface area (Å²) in [5.74, 6) is -0.273. The first-order chi connectivity index (χ1) is 8.51. The lowest BCUT2D eigenvalue weighted by atomic mass is 9.77. The minimum atomic E-state index is -0.684. The van der Waals surface area contributed by atoms with Gasteiger partial charge in [0.1, 0.15) is 5.82 Å². The highest BCUT2D eigenvalue weighted by atomic mass is 19.1. The molecule has 0 saturated heterocycles. The Hall–Kier alpha value is -1.74. The molecule has 1 heterocycles. The highest BCUT2D eigenvalue weighted by Crippen LogP contribution is 2.36. The molecule has 0 aliphatic rings. The standard InChI is InChI=1S/C15H16FNO/c1-15(2,12-5-7-13(16)8-6-12)14(18)11-4-3-9-17-10-11/h3-10,14,18H,1-2H3. The van der Waals surface area contributed by atoms with Gasteiger partial charge in [-0.15, -0.1) is 0 Å². The van der Waals surface area contributed by atoms with Crippen LogP contribution in [0.4, 0.5) is 4.39 Å². The van der Waals surface area contributed by atoms with Crippen molar-refractivity contribution in [1.29, 1.82) is 0 Å². The number of benzene rings is 1. The van der Waals surface area contributed by atoms with Crippen molar-refractivity contribution in [2.75, 3.05) is 0 Å². The minimum absolute atomic E-state index is 0.273. The van der Waals surface area contributed by atoms with Crippen molar-refractivity contribution < 1.29 is 9.50 Å². The molecule has 2 rings (SSSR count). The molecule has 3 heteroatoms. The fraction of sp³-hybridized carbons (Fsp3) is 0.267. The van der Waals surface area contributed by atoms with Crippen LogP contribution in [0.15, 0.2) is 48.8 Å². The minimum Gasteiger partial charge on any atom is -0.387 e. The summed E-state index contributed by atoms with van der Waals surface area (Å²) in [5.41, 5.74) is 1.14. The third kappa shape index (κ3) is 2.41. The molecule has 1 N–H and O–H groups in total. The fourth-order valence-electron chi connectivity index (χ4n) is 1.99. The zero-order valence-electron chi connectivity index (χ0n) is 10.5. The number of aromatic nitrogens is 1. The summed E-state index contributed by atoms with van der Waals surface area (Å²) in [4.78, 5) is 4.01. The van der Waals surface area contributed by atoms with E-state index in [1.807, 2.05) is 19.9 Å². The first-order valence-corrected chi connectivity index (χ1v) is 5.86. The fourth-order valence-corrected chi connectivity index (χ4v) is 1.99. The number of nitrogens with zero attached hydrogens (tertiary/aromatic N) is 1. The van der Waals surface area contributed by atoms with Crippen LogP contribution in [0.2, 0.25) is 0 Å². The average Bonchev–Trinajstić information content (AvgIpc) is 2.39. The second-order valence-electron chi connectivity index (χ2n) is 4.92. The Morgan fingerprint density at radius 2 is 1.83 bits per heavy atom. The van der Waals surface area contributed by atoms with Gasteiger partial charge in [0.2, 0.25) is 0 Å². The quantitative estimate of drug-likeness (QED) is 0.900. The molecule has 18 heavy (non-hydrogen) atoms. The number of hydrogen-bond donors (Lipinski definition) is 1. The van der Waals surface area contributed by atoms with Crippen molar-refractivity contribution in [1.82, 2.24) is 4.98 Å². The van der Waals surface area contributed by atoms with Crippen molar-refractivity contribution in [3.63, 3.8) is 0 Å². The Kier molecular flexibility index (Phi) is 3.43. The van der Waals surface area contributed by atoms with E-state index in [0.29, 0.717) is 0 Å². The van der Waals surface area contributed by atoms with Crippen LogP contribution in [-0.2, 0) is 5.41 Å². The van der Waals surface area contributed by atoms with Crippen LogP contribution in [0, 0.1) is 5.82 Å². The molecular formula is C15H16FNO. The van der Waals surface area contributed by atoms with E-state index in [1.165, 1.54) is 12.1 Å². The average molecular weight is 245 g/mol. The zero-order chi connectivity index (χ0) is 13.2. The summed E-state index contributed by atoms with van der Waals surface area (Å²) >= 11 is 0. The number of aliphatic hydroxyl groups is 1. The van der Waals surface area contributed by atoms with E-state index >= 15 is 0 Å². The van der Waals surface area contributed by atoms with Gasteiger partial charge in [-0.2, -0.15) is 0 Å². The maximum atomic E-state index is 12.9. The van der Waals surface area contributed by atoms with Crippen LogP contribution in [-0.4, -0.2) is 10.1 Å². The highest BCUT2D eigenvalue weighted by Gasteiger charge is 2.31. The molecular weight excluding hydrogens is 229 g/mol. The van der Waals surface area contributed by atoms with E-state index in [2.05, 4.69) is 4.98 Å². The van der Waals surface area contributed by atoms with Crippen LogP contribution < -0.4 is 0 Å². The summed E-state index contributed by atoms with van der Waals surface area (Å²) in [5, 5.41) is 10.4. The molecule has 2 nitrogen and oxygen atoms in total. The number of aliphatic hydroxyl groups excluding tert-OH is 1. The Labute approximate surface area is 106 Å². The summed E-state index contributed by atoms with van der Waals surface area (Å²) < 4.78 is 12.9. The van der Waals surface area contributed by atoms with Crippen molar-refractivity contribution in [3.05, 3.63) is 65.7 Å². The molecule has 0 saturated carbocycles. The van der Waals surface area contributed by atoms with Crippen LogP contribution in [0.5, 0.6) is 0 Å². The van der Waals surface area contributed by atoms with Crippen LogP contribution in [0.1, 0.15) is 31.1 Å². The van der Waals surface area contributed by atoms with Gasteiger partial charge in [0.15, 0.2) is 0 Å². The summed E-state index contributed by atoms with van der Waals surface area (Å²) in [6.45, 7) is 3.86. The highest BCUT2D eigenvalue weighted by molar-refractivity contribution is 5.29. The zero-order valence-corrected chi connectivity index (χ0v) is 10.5. The summed E-state index contributed by atoms with van der Waals surface area (Å²) in [7, 11) is 0. The third-order valence-corrected chi connectivity index (χ3v) is 3.27. The maximum Gasteiger partial charge on any atom is 0.123 e. The van der Waals surface area contributed by atoms with Crippen molar-refractivity contribution in [2.45, 2.75) is 25.4 Å². The lowest BCUT2D eigenvalue weighted by molar-refractivity contribution is 0.0999. The van der Waals surface area contributed by atoms with E-state index in [-0.39, 0.29) is 5.82 Å². The van der Waals surface area contributed by atoms with Crippen LogP contribution in [0.25, 0.3) is 0 Å². The monoisotopic (exact) mass is 245 g/mol. The van der Waals surface area contributed by atoms with Gasteiger partial charge < -0.3 is 5.11 Å². The number of pyridine rings is 1. The number of hydrogen-bond acceptors (Lipinski definition) is 2. The van der Waals surface area contributed by atoms with E-state index < -0.39 is 11.5 Å². The molecule has 1 unspecified atom stereocenters. The molecule has 1 aromatic heterocycles. The molecule has 0 bridgehead atoms. The Balaban J connectivity index is 2.33. The number of halogens is 1. The van der Waals surface area contributed by atoms with E-state index in [9.17, 15) is 9.50 Å². The second-order valence-corrected chi connectivity index (χ2v) is 4.92. The molecule has 94 valence electrons. The molecule has 1 atom stereocenters. The van der Waals surface area contributed by atoms with Gasteiger partial charge in [0, 0.05) is 17.8 Å². The van der Waals surface area contributed by atoms with Gasteiger partial charge in [-0.05, 0) is 29.3 Å². The van der Waals surface area contributed by atoms with Crippen molar-refractivity contribution >= 4 is 0 Å². The first kappa shape index (κ1) is 12.7. The van der Waals surface area contributed by atoms with Gasteiger partial charge in [0.05, 0.1) is 6.10 Å².